The molecule has 4 rings (SSSR count). The summed E-state index contributed by atoms with van der Waals surface area (Å²) in [5.74, 6) is -1.00. The van der Waals surface area contributed by atoms with Crippen LogP contribution in [0.1, 0.15) is 48.7 Å². The first kappa shape index (κ1) is 18.9. The van der Waals surface area contributed by atoms with Gasteiger partial charge in [0.25, 0.3) is 5.69 Å². The molecule has 0 saturated carbocycles. The second-order valence-electron chi connectivity index (χ2n) is 7.55. The third-order valence-corrected chi connectivity index (χ3v) is 5.79. The van der Waals surface area contributed by atoms with E-state index >= 15 is 0 Å². The average Bonchev–Trinajstić information content (AvgIpc) is 3.30. The molecule has 1 aliphatic carbocycles. The zero-order chi connectivity index (χ0) is 20.8. The molecule has 1 aromatic heterocycles. The monoisotopic (exact) mass is 397 g/mol. The molecule has 8 heteroatoms. The van der Waals surface area contributed by atoms with Crippen LogP contribution < -0.4 is 0 Å². The standard InChI is InChI=1S/C21H19NO7/c1-12-16(28-19(23)13-3-5-15(6-4-13)22(25)26)7-9-21(2)17(12)20(24)29-18(21)14-8-10-27-11-14/h3-6,8,10-11,16,18H,7,9H2,1-2H3/t16-,18+,21-/m1/s1. The van der Waals surface area contributed by atoms with Crippen LogP contribution in [0.3, 0.4) is 0 Å². The first-order valence-electron chi connectivity index (χ1n) is 9.21. The van der Waals surface area contributed by atoms with Gasteiger partial charge in [0.15, 0.2) is 0 Å². The van der Waals surface area contributed by atoms with Crippen LogP contribution in [0.25, 0.3) is 0 Å². The largest absolute Gasteiger partial charge is 0.472 e. The SMILES string of the molecule is CC1=C2C(=O)O[C@@H](c3ccoc3)[C@]2(C)CC[C@H]1OC(=O)c1ccc([N+](=O)[O-])cc1. The lowest BCUT2D eigenvalue weighted by Gasteiger charge is -2.36. The fourth-order valence-electron chi connectivity index (χ4n) is 4.26. The molecule has 0 spiro atoms. The van der Waals surface area contributed by atoms with Gasteiger partial charge in [0.05, 0.1) is 23.0 Å². The number of rotatable bonds is 4. The number of carbonyl (C=O) groups is 2. The van der Waals surface area contributed by atoms with Gasteiger partial charge in [-0.15, -0.1) is 0 Å². The van der Waals surface area contributed by atoms with Crippen LogP contribution >= 0.6 is 0 Å². The van der Waals surface area contributed by atoms with E-state index < -0.39 is 34.5 Å². The van der Waals surface area contributed by atoms with Crippen LogP contribution in [0.15, 0.2) is 58.4 Å². The number of furan rings is 1. The van der Waals surface area contributed by atoms with Crippen molar-refractivity contribution in [2.45, 2.75) is 38.9 Å². The zero-order valence-electron chi connectivity index (χ0n) is 15.9. The molecule has 1 aromatic carbocycles. The number of benzene rings is 1. The van der Waals surface area contributed by atoms with Crippen molar-refractivity contribution in [1.29, 1.82) is 0 Å². The Morgan fingerprint density at radius 1 is 1.28 bits per heavy atom. The summed E-state index contributed by atoms with van der Waals surface area (Å²) in [7, 11) is 0. The maximum absolute atomic E-state index is 12.6. The Bertz CT molecular complexity index is 1010. The van der Waals surface area contributed by atoms with Crippen molar-refractivity contribution < 1.29 is 28.4 Å². The molecule has 1 fully saturated rings. The van der Waals surface area contributed by atoms with Crippen LogP contribution in [0.5, 0.6) is 0 Å². The second-order valence-corrected chi connectivity index (χ2v) is 7.55. The summed E-state index contributed by atoms with van der Waals surface area (Å²) in [5, 5.41) is 10.8. The predicted octanol–water partition coefficient (Wildman–Crippen LogP) is 4.13. The van der Waals surface area contributed by atoms with Crippen molar-refractivity contribution in [3.63, 3.8) is 0 Å². The third-order valence-electron chi connectivity index (χ3n) is 5.79. The van der Waals surface area contributed by atoms with Crippen LogP contribution in [0.4, 0.5) is 5.69 Å². The van der Waals surface area contributed by atoms with Crippen molar-refractivity contribution in [3.05, 3.63) is 75.2 Å². The van der Waals surface area contributed by atoms with Crippen molar-refractivity contribution in [2.75, 3.05) is 0 Å². The topological polar surface area (TPSA) is 109 Å². The number of hydrogen-bond acceptors (Lipinski definition) is 7. The van der Waals surface area contributed by atoms with Gasteiger partial charge in [0.1, 0.15) is 12.2 Å². The summed E-state index contributed by atoms with van der Waals surface area (Å²) in [6.07, 6.45) is 3.25. The number of nitro benzene ring substituents is 1. The molecule has 0 amide bonds. The summed E-state index contributed by atoms with van der Waals surface area (Å²) in [5.41, 5.74) is 1.59. The minimum absolute atomic E-state index is 0.104. The predicted molar refractivity (Wildman–Crippen MR) is 99.9 cm³/mol. The van der Waals surface area contributed by atoms with E-state index in [1.165, 1.54) is 24.3 Å². The number of non-ortho nitro benzene ring substituents is 1. The fraction of sp³-hybridized carbons (Fsp3) is 0.333. The Hall–Kier alpha value is -3.42. The highest BCUT2D eigenvalue weighted by atomic mass is 16.6. The Labute approximate surface area is 166 Å². The number of carbonyl (C=O) groups excluding carboxylic acids is 2. The average molecular weight is 397 g/mol. The van der Waals surface area contributed by atoms with Gasteiger partial charge >= 0.3 is 11.9 Å². The van der Waals surface area contributed by atoms with E-state index in [1.54, 1.807) is 25.5 Å². The number of ether oxygens (including phenoxy) is 2. The molecule has 1 saturated heterocycles. The highest BCUT2D eigenvalue weighted by Gasteiger charge is 2.54. The van der Waals surface area contributed by atoms with Gasteiger partial charge in [0, 0.05) is 28.7 Å². The molecule has 150 valence electrons. The van der Waals surface area contributed by atoms with Crippen LogP contribution in [-0.4, -0.2) is 23.0 Å². The van der Waals surface area contributed by atoms with Gasteiger partial charge in [-0.25, -0.2) is 9.59 Å². The minimum Gasteiger partial charge on any atom is -0.472 e. The number of fused-ring (bicyclic) bond motifs is 1. The van der Waals surface area contributed by atoms with Crippen LogP contribution in [0.2, 0.25) is 0 Å². The Morgan fingerprint density at radius 3 is 2.62 bits per heavy atom. The lowest BCUT2D eigenvalue weighted by molar-refractivity contribution is -0.384. The van der Waals surface area contributed by atoms with Gasteiger partial charge in [-0.05, 0) is 43.5 Å². The number of esters is 2. The molecular formula is C21H19NO7. The molecule has 29 heavy (non-hydrogen) atoms. The summed E-state index contributed by atoms with van der Waals surface area (Å²) in [4.78, 5) is 35.3. The van der Waals surface area contributed by atoms with Crippen molar-refractivity contribution >= 4 is 17.6 Å². The van der Waals surface area contributed by atoms with Crippen molar-refractivity contribution in [2.24, 2.45) is 5.41 Å². The van der Waals surface area contributed by atoms with Gasteiger partial charge in [-0.2, -0.15) is 0 Å². The Kier molecular flexibility index (Phi) is 4.49. The molecule has 0 bridgehead atoms. The number of hydrogen-bond donors (Lipinski definition) is 0. The van der Waals surface area contributed by atoms with Gasteiger partial charge in [0.2, 0.25) is 0 Å². The van der Waals surface area contributed by atoms with Gasteiger partial charge in [-0.3, -0.25) is 10.1 Å². The first-order chi connectivity index (χ1) is 13.8. The summed E-state index contributed by atoms with van der Waals surface area (Å²) in [6, 6.07) is 7.00. The molecule has 2 aliphatic rings. The molecule has 2 heterocycles. The summed E-state index contributed by atoms with van der Waals surface area (Å²) < 4.78 is 16.4. The lowest BCUT2D eigenvalue weighted by Crippen LogP contribution is -2.34. The molecule has 2 aromatic rings. The van der Waals surface area contributed by atoms with Crippen LogP contribution in [-0.2, 0) is 14.3 Å². The van der Waals surface area contributed by atoms with Crippen molar-refractivity contribution in [3.8, 4) is 0 Å². The number of cyclic esters (lactones) is 1. The highest BCUT2D eigenvalue weighted by molar-refractivity contribution is 5.94. The van der Waals surface area contributed by atoms with Crippen LogP contribution in [0, 0.1) is 15.5 Å². The number of nitro groups is 1. The molecule has 0 radical (unpaired) electrons. The maximum atomic E-state index is 12.6. The smallest absolute Gasteiger partial charge is 0.338 e. The zero-order valence-corrected chi connectivity index (χ0v) is 15.9. The number of nitrogens with zero attached hydrogens (tertiary/aromatic N) is 1. The maximum Gasteiger partial charge on any atom is 0.338 e. The fourth-order valence-corrected chi connectivity index (χ4v) is 4.26. The van der Waals surface area contributed by atoms with Crippen molar-refractivity contribution in [1.82, 2.24) is 0 Å². The molecule has 3 atom stereocenters. The Morgan fingerprint density at radius 2 is 2.00 bits per heavy atom. The Balaban J connectivity index is 1.57. The minimum atomic E-state index is -0.591. The molecule has 0 N–H and O–H groups in total. The van der Waals surface area contributed by atoms with Gasteiger partial charge < -0.3 is 13.9 Å². The molecule has 0 unspecified atom stereocenters. The quantitative estimate of drug-likeness (QED) is 0.433. The summed E-state index contributed by atoms with van der Waals surface area (Å²) >= 11 is 0. The second kappa shape index (κ2) is 6.88. The molecular weight excluding hydrogens is 378 g/mol. The first-order valence-corrected chi connectivity index (χ1v) is 9.21. The third kappa shape index (κ3) is 3.10. The molecule has 1 aliphatic heterocycles. The van der Waals surface area contributed by atoms with Gasteiger partial charge in [-0.1, -0.05) is 6.92 Å². The van der Waals surface area contributed by atoms with E-state index in [9.17, 15) is 19.7 Å². The summed E-state index contributed by atoms with van der Waals surface area (Å²) in [6.45, 7) is 3.75. The van der Waals surface area contributed by atoms with E-state index in [0.717, 1.165) is 5.56 Å². The van der Waals surface area contributed by atoms with E-state index in [1.807, 2.05) is 6.92 Å². The molecule has 8 nitrogen and oxygen atoms in total. The van der Waals surface area contributed by atoms with E-state index in [2.05, 4.69) is 0 Å². The van der Waals surface area contributed by atoms with E-state index in [0.29, 0.717) is 24.0 Å². The van der Waals surface area contributed by atoms with E-state index in [-0.39, 0.29) is 11.3 Å². The lowest BCUT2D eigenvalue weighted by atomic mass is 9.67. The normalized spacial score (nSPS) is 26.1. The highest BCUT2D eigenvalue weighted by Crippen LogP contribution is 2.56. The van der Waals surface area contributed by atoms with E-state index in [4.69, 9.17) is 13.9 Å².